The van der Waals surface area contributed by atoms with E-state index < -0.39 is 11.5 Å². The fraction of sp³-hybridized carbons (Fsp3) is 0.200. The summed E-state index contributed by atoms with van der Waals surface area (Å²) in [6.07, 6.45) is 1.29. The van der Waals surface area contributed by atoms with E-state index in [1.807, 2.05) is 0 Å². The summed E-state index contributed by atoms with van der Waals surface area (Å²) in [6.45, 7) is -0.606. The van der Waals surface area contributed by atoms with E-state index in [-0.39, 0.29) is 5.70 Å². The molecule has 80 valence electrons. The number of hydrogen-bond donors (Lipinski definition) is 1. The average Bonchev–Trinajstić information content (AvgIpc) is 2.25. The predicted molar refractivity (Wildman–Crippen MR) is 55.1 cm³/mol. The zero-order valence-electron chi connectivity index (χ0n) is 8.21. The number of para-hydroxylation sites is 1. The van der Waals surface area contributed by atoms with Gasteiger partial charge in [-0.3, -0.25) is 10.1 Å². The third-order valence-electron chi connectivity index (χ3n) is 1.86. The molecule has 1 aromatic carbocycles. The predicted octanol–water partition coefficient (Wildman–Crippen LogP) is 1.31. The number of hydrogen-bond acceptors (Lipinski definition) is 4. The second-order valence-corrected chi connectivity index (χ2v) is 2.79. The van der Waals surface area contributed by atoms with Crippen molar-refractivity contribution in [3.8, 4) is 5.75 Å². The molecule has 0 atom stereocenters. The SMILES string of the molecule is COc1ccccc1/C=C(\CO)[N+](=O)[O-]. The van der Waals surface area contributed by atoms with E-state index >= 15 is 0 Å². The van der Waals surface area contributed by atoms with Gasteiger partial charge in [-0.25, -0.2) is 0 Å². The van der Waals surface area contributed by atoms with Gasteiger partial charge in [0.2, 0.25) is 0 Å². The van der Waals surface area contributed by atoms with Crippen LogP contribution in [0.1, 0.15) is 5.56 Å². The minimum Gasteiger partial charge on any atom is -0.496 e. The van der Waals surface area contributed by atoms with Crippen molar-refractivity contribution in [3.63, 3.8) is 0 Å². The van der Waals surface area contributed by atoms with Crippen molar-refractivity contribution < 1.29 is 14.8 Å². The Kier molecular flexibility index (Phi) is 3.82. The summed E-state index contributed by atoms with van der Waals surface area (Å²) >= 11 is 0. The largest absolute Gasteiger partial charge is 0.496 e. The topological polar surface area (TPSA) is 72.6 Å². The third kappa shape index (κ3) is 2.78. The molecule has 0 saturated heterocycles. The lowest BCUT2D eigenvalue weighted by Crippen LogP contribution is -2.03. The number of nitrogens with zero attached hydrogens (tertiary/aromatic N) is 1. The van der Waals surface area contributed by atoms with E-state index in [4.69, 9.17) is 9.84 Å². The van der Waals surface area contributed by atoms with E-state index in [1.165, 1.54) is 13.2 Å². The van der Waals surface area contributed by atoms with Crippen LogP contribution < -0.4 is 4.74 Å². The average molecular weight is 209 g/mol. The van der Waals surface area contributed by atoms with Crippen molar-refractivity contribution in [3.05, 3.63) is 45.6 Å². The van der Waals surface area contributed by atoms with Gasteiger partial charge < -0.3 is 9.84 Å². The van der Waals surface area contributed by atoms with Crippen molar-refractivity contribution in [2.45, 2.75) is 0 Å². The first-order valence-corrected chi connectivity index (χ1v) is 4.28. The molecule has 0 radical (unpaired) electrons. The second-order valence-electron chi connectivity index (χ2n) is 2.79. The number of methoxy groups -OCH3 is 1. The van der Waals surface area contributed by atoms with Crippen molar-refractivity contribution in [1.82, 2.24) is 0 Å². The maximum absolute atomic E-state index is 10.5. The Balaban J connectivity index is 3.10. The number of aliphatic hydroxyl groups is 1. The first-order valence-electron chi connectivity index (χ1n) is 4.28. The highest BCUT2D eigenvalue weighted by Crippen LogP contribution is 2.20. The molecular weight excluding hydrogens is 198 g/mol. The highest BCUT2D eigenvalue weighted by Gasteiger charge is 2.10. The molecule has 5 heteroatoms. The van der Waals surface area contributed by atoms with Crippen LogP contribution in [-0.4, -0.2) is 23.7 Å². The summed E-state index contributed by atoms with van der Waals surface area (Å²) in [5.41, 5.74) is 0.306. The molecule has 0 spiro atoms. The van der Waals surface area contributed by atoms with Crippen LogP contribution in [0, 0.1) is 10.1 Å². The van der Waals surface area contributed by atoms with Gasteiger partial charge in [-0.15, -0.1) is 0 Å². The molecule has 0 aliphatic heterocycles. The van der Waals surface area contributed by atoms with Gasteiger partial charge in [0.05, 0.1) is 12.0 Å². The van der Waals surface area contributed by atoms with Gasteiger partial charge in [-0.1, -0.05) is 18.2 Å². The summed E-state index contributed by atoms with van der Waals surface area (Å²) in [4.78, 5) is 9.85. The summed E-state index contributed by atoms with van der Waals surface area (Å²) in [7, 11) is 1.48. The Morgan fingerprint density at radius 2 is 2.27 bits per heavy atom. The van der Waals surface area contributed by atoms with Crippen LogP contribution >= 0.6 is 0 Å². The van der Waals surface area contributed by atoms with Crippen molar-refractivity contribution >= 4 is 6.08 Å². The Labute approximate surface area is 86.8 Å². The van der Waals surface area contributed by atoms with Crippen LogP contribution in [0.5, 0.6) is 5.75 Å². The molecule has 1 rings (SSSR count). The molecule has 15 heavy (non-hydrogen) atoms. The van der Waals surface area contributed by atoms with Crippen LogP contribution in [0.2, 0.25) is 0 Å². The molecule has 0 unspecified atom stereocenters. The summed E-state index contributed by atoms with van der Waals surface area (Å²) in [5.74, 6) is 0.533. The van der Waals surface area contributed by atoms with Crippen LogP contribution in [0.25, 0.3) is 6.08 Å². The maximum Gasteiger partial charge on any atom is 0.272 e. The normalized spacial score (nSPS) is 11.2. The van der Waals surface area contributed by atoms with Gasteiger partial charge in [0.15, 0.2) is 0 Å². The standard InChI is InChI=1S/C10H11NO4/c1-15-10-5-3-2-4-8(10)6-9(7-12)11(13)14/h2-6,12H,7H2,1H3/b9-6+. The number of nitro groups is 1. The number of ether oxygens (including phenoxy) is 1. The zero-order chi connectivity index (χ0) is 11.3. The minimum absolute atomic E-state index is 0.264. The van der Waals surface area contributed by atoms with E-state index in [0.29, 0.717) is 11.3 Å². The fourth-order valence-electron chi connectivity index (χ4n) is 1.12. The molecule has 0 bridgehead atoms. The lowest BCUT2D eigenvalue weighted by molar-refractivity contribution is -0.428. The van der Waals surface area contributed by atoms with E-state index in [1.54, 1.807) is 24.3 Å². The number of benzene rings is 1. The summed E-state index contributed by atoms with van der Waals surface area (Å²) in [6, 6.07) is 6.88. The third-order valence-corrected chi connectivity index (χ3v) is 1.86. The maximum atomic E-state index is 10.5. The van der Waals surface area contributed by atoms with E-state index in [9.17, 15) is 10.1 Å². The Bertz CT molecular complexity index is 387. The molecule has 0 aromatic heterocycles. The van der Waals surface area contributed by atoms with E-state index in [2.05, 4.69) is 0 Å². The lowest BCUT2D eigenvalue weighted by Gasteiger charge is -2.03. The van der Waals surface area contributed by atoms with E-state index in [0.717, 1.165) is 0 Å². The molecule has 0 saturated carbocycles. The quantitative estimate of drug-likeness (QED) is 0.599. The van der Waals surface area contributed by atoms with Gasteiger partial charge >= 0.3 is 0 Å². The van der Waals surface area contributed by atoms with Crippen LogP contribution in [0.4, 0.5) is 0 Å². The fourth-order valence-corrected chi connectivity index (χ4v) is 1.12. The Morgan fingerprint density at radius 1 is 1.60 bits per heavy atom. The summed E-state index contributed by atoms with van der Waals surface area (Å²) in [5, 5.41) is 19.2. The van der Waals surface area contributed by atoms with Crippen LogP contribution in [0.15, 0.2) is 30.0 Å². The molecule has 1 aromatic rings. The zero-order valence-corrected chi connectivity index (χ0v) is 8.21. The molecule has 0 aliphatic rings. The van der Waals surface area contributed by atoms with Crippen molar-refractivity contribution in [2.75, 3.05) is 13.7 Å². The molecule has 5 nitrogen and oxygen atoms in total. The lowest BCUT2D eigenvalue weighted by atomic mass is 10.1. The Morgan fingerprint density at radius 3 is 2.80 bits per heavy atom. The van der Waals surface area contributed by atoms with Gasteiger partial charge in [0, 0.05) is 11.6 Å². The van der Waals surface area contributed by atoms with Gasteiger partial charge in [-0.2, -0.15) is 0 Å². The van der Waals surface area contributed by atoms with Crippen molar-refractivity contribution in [1.29, 1.82) is 0 Å². The molecule has 0 heterocycles. The first-order chi connectivity index (χ1) is 7.19. The number of aliphatic hydroxyl groups excluding tert-OH is 1. The molecule has 0 amide bonds. The molecule has 0 fully saturated rings. The highest BCUT2D eigenvalue weighted by atomic mass is 16.6. The second kappa shape index (κ2) is 5.11. The van der Waals surface area contributed by atoms with Gasteiger partial charge in [0.25, 0.3) is 5.70 Å². The van der Waals surface area contributed by atoms with Crippen molar-refractivity contribution in [2.24, 2.45) is 0 Å². The molecular formula is C10H11NO4. The van der Waals surface area contributed by atoms with Crippen LogP contribution in [-0.2, 0) is 0 Å². The number of rotatable bonds is 4. The molecule has 0 aliphatic carbocycles. The van der Waals surface area contributed by atoms with Gasteiger partial charge in [-0.05, 0) is 6.07 Å². The summed E-state index contributed by atoms with van der Waals surface area (Å²) < 4.78 is 5.02. The molecule has 1 N–H and O–H groups in total. The Hall–Kier alpha value is -1.88. The highest BCUT2D eigenvalue weighted by molar-refractivity contribution is 5.58. The first kappa shape index (κ1) is 11.2. The minimum atomic E-state index is -0.619. The smallest absolute Gasteiger partial charge is 0.272 e. The van der Waals surface area contributed by atoms with Crippen LogP contribution in [0.3, 0.4) is 0 Å². The van der Waals surface area contributed by atoms with Gasteiger partial charge in [0.1, 0.15) is 12.4 Å². The monoisotopic (exact) mass is 209 g/mol.